The molecule has 0 amide bonds. The molecule has 1 unspecified atom stereocenters. The summed E-state index contributed by atoms with van der Waals surface area (Å²) < 4.78 is 5.48. The van der Waals surface area contributed by atoms with Crippen LogP contribution in [0.1, 0.15) is 17.5 Å². The van der Waals surface area contributed by atoms with Gasteiger partial charge in [-0.3, -0.25) is 0 Å². The number of hydrogen-bond donors (Lipinski definition) is 0. The van der Waals surface area contributed by atoms with Crippen LogP contribution < -0.4 is 0 Å². The van der Waals surface area contributed by atoms with Crippen molar-refractivity contribution < 1.29 is 4.74 Å². The lowest BCUT2D eigenvalue weighted by atomic mass is 10.2. The molecule has 1 aromatic heterocycles. The van der Waals surface area contributed by atoms with Crippen LogP contribution in [0.3, 0.4) is 0 Å². The summed E-state index contributed by atoms with van der Waals surface area (Å²) in [5, 5.41) is 3.08. The second kappa shape index (κ2) is 3.15. The Kier molecular flexibility index (Phi) is 2.01. The summed E-state index contributed by atoms with van der Waals surface area (Å²) >= 11 is 1.66. The molecular weight excluding hydrogens is 158 g/mol. The minimum Gasteiger partial charge on any atom is -0.367 e. The van der Waals surface area contributed by atoms with Gasteiger partial charge >= 0.3 is 0 Å². The van der Waals surface area contributed by atoms with Gasteiger partial charge < -0.3 is 4.74 Å². The second-order valence-corrected chi connectivity index (χ2v) is 3.33. The third-order valence-electron chi connectivity index (χ3n) is 1.64. The highest BCUT2D eigenvalue weighted by atomic mass is 32.1. The molecule has 0 aliphatic carbocycles. The summed E-state index contributed by atoms with van der Waals surface area (Å²) in [6, 6.07) is 0. The Bertz CT molecular complexity index is 243. The van der Waals surface area contributed by atoms with E-state index in [2.05, 4.69) is 11.1 Å². The van der Waals surface area contributed by atoms with Crippen LogP contribution in [0.15, 0.2) is 23.7 Å². The van der Waals surface area contributed by atoms with Crippen LogP contribution in [0.25, 0.3) is 0 Å². The molecule has 2 nitrogen and oxygen atoms in total. The van der Waals surface area contributed by atoms with E-state index in [-0.39, 0.29) is 6.10 Å². The summed E-state index contributed by atoms with van der Waals surface area (Å²) in [6.07, 6.45) is 7.19. The van der Waals surface area contributed by atoms with Crippen molar-refractivity contribution in [3.05, 3.63) is 28.7 Å². The molecule has 1 aliphatic rings. The van der Waals surface area contributed by atoms with Crippen LogP contribution in [0.5, 0.6) is 0 Å². The first-order valence-electron chi connectivity index (χ1n) is 3.63. The molecule has 3 heteroatoms. The van der Waals surface area contributed by atoms with Gasteiger partial charge in [0.15, 0.2) is 0 Å². The Morgan fingerprint density at radius 3 is 3.18 bits per heavy atom. The lowest BCUT2D eigenvalue weighted by molar-refractivity contribution is 0.0676. The number of hydrogen-bond acceptors (Lipinski definition) is 3. The van der Waals surface area contributed by atoms with Gasteiger partial charge in [-0.05, 0) is 6.42 Å². The number of ether oxygens (including phenoxy) is 1. The van der Waals surface area contributed by atoms with Gasteiger partial charge in [-0.25, -0.2) is 4.98 Å². The fourth-order valence-electron chi connectivity index (χ4n) is 1.09. The van der Waals surface area contributed by atoms with Gasteiger partial charge in [0, 0.05) is 11.6 Å². The highest BCUT2D eigenvalue weighted by Gasteiger charge is 2.14. The number of aromatic nitrogens is 1. The third kappa shape index (κ3) is 1.49. The van der Waals surface area contributed by atoms with Crippen LogP contribution >= 0.6 is 11.3 Å². The zero-order valence-corrected chi connectivity index (χ0v) is 6.88. The topological polar surface area (TPSA) is 22.1 Å². The zero-order chi connectivity index (χ0) is 7.52. The van der Waals surface area contributed by atoms with Crippen molar-refractivity contribution in [3.63, 3.8) is 0 Å². The highest BCUT2D eigenvalue weighted by molar-refractivity contribution is 7.09. The van der Waals surface area contributed by atoms with E-state index in [9.17, 15) is 0 Å². The molecule has 0 bridgehead atoms. The van der Waals surface area contributed by atoms with Crippen LogP contribution in [0, 0.1) is 0 Å². The van der Waals surface area contributed by atoms with Crippen molar-refractivity contribution in [2.75, 3.05) is 6.61 Å². The average Bonchev–Trinajstić information content (AvgIpc) is 2.58. The lowest BCUT2D eigenvalue weighted by Crippen LogP contribution is -2.06. The van der Waals surface area contributed by atoms with Crippen LogP contribution in [0.2, 0.25) is 0 Å². The fourth-order valence-corrected chi connectivity index (χ4v) is 1.79. The maximum atomic E-state index is 5.48. The fraction of sp³-hybridized carbons (Fsp3) is 0.375. The molecule has 1 aromatic rings. The Morgan fingerprint density at radius 2 is 2.55 bits per heavy atom. The largest absolute Gasteiger partial charge is 0.367 e. The molecule has 1 aliphatic heterocycles. The Morgan fingerprint density at radius 1 is 1.55 bits per heavy atom. The monoisotopic (exact) mass is 167 g/mol. The summed E-state index contributed by atoms with van der Waals surface area (Å²) in [7, 11) is 0. The average molecular weight is 167 g/mol. The van der Waals surface area contributed by atoms with E-state index in [1.54, 1.807) is 11.3 Å². The van der Waals surface area contributed by atoms with E-state index in [4.69, 9.17) is 4.74 Å². The van der Waals surface area contributed by atoms with Crippen molar-refractivity contribution in [1.82, 2.24) is 4.98 Å². The first-order chi connectivity index (χ1) is 5.47. The molecule has 2 heterocycles. The van der Waals surface area contributed by atoms with Gasteiger partial charge in [-0.1, -0.05) is 12.2 Å². The van der Waals surface area contributed by atoms with E-state index in [0.717, 1.165) is 18.0 Å². The quantitative estimate of drug-likeness (QED) is 0.598. The van der Waals surface area contributed by atoms with E-state index in [1.807, 2.05) is 17.7 Å². The van der Waals surface area contributed by atoms with Gasteiger partial charge in [0.1, 0.15) is 11.1 Å². The normalized spacial score (nSPS) is 23.8. The van der Waals surface area contributed by atoms with E-state index < -0.39 is 0 Å². The summed E-state index contributed by atoms with van der Waals surface area (Å²) in [6.45, 7) is 0.726. The molecular formula is C8H9NOS. The minimum absolute atomic E-state index is 0.208. The molecule has 1 atom stereocenters. The minimum atomic E-state index is 0.208. The second-order valence-electron chi connectivity index (χ2n) is 2.40. The Hall–Kier alpha value is -0.670. The molecule has 0 saturated carbocycles. The van der Waals surface area contributed by atoms with Crippen molar-refractivity contribution in [3.8, 4) is 0 Å². The smallest absolute Gasteiger partial charge is 0.122 e. The van der Waals surface area contributed by atoms with Gasteiger partial charge in [0.25, 0.3) is 0 Å². The molecule has 0 spiro atoms. The lowest BCUT2D eigenvalue weighted by Gasteiger charge is -2.15. The van der Waals surface area contributed by atoms with E-state index in [0.29, 0.717) is 0 Å². The van der Waals surface area contributed by atoms with E-state index >= 15 is 0 Å². The number of nitrogens with zero attached hydrogens (tertiary/aromatic N) is 1. The predicted octanol–water partition coefficient (Wildman–Crippen LogP) is 2.16. The molecule has 0 fully saturated rings. The molecule has 0 saturated heterocycles. The molecule has 11 heavy (non-hydrogen) atoms. The van der Waals surface area contributed by atoms with Crippen molar-refractivity contribution in [2.24, 2.45) is 0 Å². The first kappa shape index (κ1) is 7.00. The van der Waals surface area contributed by atoms with Crippen LogP contribution in [-0.4, -0.2) is 11.6 Å². The highest BCUT2D eigenvalue weighted by Crippen LogP contribution is 2.25. The molecule has 0 aromatic carbocycles. The standard InChI is InChI=1S/C8H9NOS/c1-2-5-10-7(3-1)8-9-4-6-11-8/h1-2,4,6-7H,3,5H2. The first-order valence-corrected chi connectivity index (χ1v) is 4.51. The molecule has 0 radical (unpaired) electrons. The van der Waals surface area contributed by atoms with Crippen molar-refractivity contribution >= 4 is 11.3 Å². The SMILES string of the molecule is C1=CCC(c2nccs2)OC1. The van der Waals surface area contributed by atoms with E-state index in [1.165, 1.54) is 0 Å². The van der Waals surface area contributed by atoms with Gasteiger partial charge in [0.2, 0.25) is 0 Å². The van der Waals surface area contributed by atoms with Crippen LogP contribution in [-0.2, 0) is 4.74 Å². The summed E-state index contributed by atoms with van der Waals surface area (Å²) in [5.41, 5.74) is 0. The van der Waals surface area contributed by atoms with Crippen LogP contribution in [0.4, 0.5) is 0 Å². The Balaban J connectivity index is 2.11. The maximum absolute atomic E-state index is 5.48. The molecule has 2 rings (SSSR count). The predicted molar refractivity (Wildman–Crippen MR) is 44.6 cm³/mol. The van der Waals surface area contributed by atoms with Gasteiger partial charge in [0.05, 0.1) is 6.61 Å². The number of rotatable bonds is 1. The van der Waals surface area contributed by atoms with Crippen molar-refractivity contribution in [1.29, 1.82) is 0 Å². The molecule has 0 N–H and O–H groups in total. The van der Waals surface area contributed by atoms with Crippen molar-refractivity contribution in [2.45, 2.75) is 12.5 Å². The maximum Gasteiger partial charge on any atom is 0.122 e. The zero-order valence-electron chi connectivity index (χ0n) is 6.06. The van der Waals surface area contributed by atoms with Gasteiger partial charge in [-0.15, -0.1) is 11.3 Å². The third-order valence-corrected chi connectivity index (χ3v) is 2.50. The number of thiazole rings is 1. The summed E-state index contributed by atoms with van der Waals surface area (Å²) in [5.74, 6) is 0. The molecule has 58 valence electrons. The van der Waals surface area contributed by atoms with Gasteiger partial charge in [-0.2, -0.15) is 0 Å². The Labute approximate surface area is 69.5 Å². The summed E-state index contributed by atoms with van der Waals surface area (Å²) in [4.78, 5) is 4.20.